The highest BCUT2D eigenvalue weighted by molar-refractivity contribution is 7.15. The summed E-state index contributed by atoms with van der Waals surface area (Å²) in [5.74, 6) is 0. The van der Waals surface area contributed by atoms with E-state index in [1.807, 2.05) is 0 Å². The molecule has 0 aliphatic carbocycles. The van der Waals surface area contributed by atoms with Gasteiger partial charge in [-0.1, -0.05) is 0 Å². The topological polar surface area (TPSA) is 42.7 Å². The molecule has 18 heavy (non-hydrogen) atoms. The normalized spacial score (nSPS) is 12.1. The second kappa shape index (κ2) is 4.69. The Labute approximate surface area is 105 Å². The summed E-state index contributed by atoms with van der Waals surface area (Å²) in [7, 11) is 3.30. The Morgan fingerprint density at radius 3 is 2.67 bits per heavy atom. The van der Waals surface area contributed by atoms with Gasteiger partial charge >= 0.3 is 6.18 Å². The summed E-state index contributed by atoms with van der Waals surface area (Å²) in [5, 5.41) is 7.05. The largest absolute Gasteiger partial charge is 0.434 e. The molecule has 2 aromatic heterocycles. The van der Waals surface area contributed by atoms with Gasteiger partial charge in [-0.2, -0.15) is 18.3 Å². The van der Waals surface area contributed by atoms with E-state index in [0.29, 0.717) is 5.69 Å². The van der Waals surface area contributed by atoms with Crippen LogP contribution in [0.2, 0.25) is 0 Å². The summed E-state index contributed by atoms with van der Waals surface area (Å²) in [6.45, 7) is 0.138. The van der Waals surface area contributed by atoms with Gasteiger partial charge < -0.3 is 5.32 Å². The lowest BCUT2D eigenvalue weighted by Gasteiger charge is -2.04. The predicted molar refractivity (Wildman–Crippen MR) is 62.1 cm³/mol. The molecule has 0 aromatic carbocycles. The van der Waals surface area contributed by atoms with E-state index < -0.39 is 11.9 Å². The summed E-state index contributed by atoms with van der Waals surface area (Å²) in [6, 6.07) is 1.64. The standard InChI is InChI=1S/C10H11F3N4S/c1-14-5-7-8(10(11,12)13)15-9(18-7)6-3-4-17(2)16-6/h3-4,14H,5H2,1-2H3. The van der Waals surface area contributed by atoms with Crippen molar-refractivity contribution in [2.75, 3.05) is 7.05 Å². The average Bonchev–Trinajstić information content (AvgIpc) is 2.84. The molecule has 0 atom stereocenters. The summed E-state index contributed by atoms with van der Waals surface area (Å²) in [5.41, 5.74) is -0.377. The third kappa shape index (κ3) is 2.54. The zero-order chi connectivity index (χ0) is 13.3. The maximum absolute atomic E-state index is 12.8. The summed E-state index contributed by atoms with van der Waals surface area (Å²) < 4.78 is 39.9. The van der Waals surface area contributed by atoms with Gasteiger partial charge in [-0.05, 0) is 13.1 Å². The van der Waals surface area contributed by atoms with Crippen LogP contribution in [0.15, 0.2) is 12.3 Å². The first-order chi connectivity index (χ1) is 8.41. The van der Waals surface area contributed by atoms with Crippen LogP contribution in [0.4, 0.5) is 13.2 Å². The zero-order valence-electron chi connectivity index (χ0n) is 9.75. The Kier molecular flexibility index (Phi) is 3.40. The smallest absolute Gasteiger partial charge is 0.315 e. The van der Waals surface area contributed by atoms with Crippen molar-refractivity contribution in [1.29, 1.82) is 0 Å². The number of aryl methyl sites for hydroxylation is 1. The van der Waals surface area contributed by atoms with Crippen molar-refractivity contribution < 1.29 is 13.2 Å². The lowest BCUT2D eigenvalue weighted by atomic mass is 10.3. The van der Waals surface area contributed by atoms with Crippen LogP contribution in [0.1, 0.15) is 10.6 Å². The lowest BCUT2D eigenvalue weighted by molar-refractivity contribution is -0.141. The number of hydrogen-bond acceptors (Lipinski definition) is 4. The van der Waals surface area contributed by atoms with Crippen molar-refractivity contribution in [2.45, 2.75) is 12.7 Å². The Balaban J connectivity index is 2.45. The number of thiazole rings is 1. The summed E-state index contributed by atoms with van der Waals surface area (Å²) in [6.07, 6.45) is -2.77. The maximum atomic E-state index is 12.8. The van der Waals surface area contributed by atoms with Gasteiger partial charge in [-0.3, -0.25) is 4.68 Å². The molecule has 1 N–H and O–H groups in total. The Bertz CT molecular complexity index is 544. The highest BCUT2D eigenvalue weighted by Crippen LogP contribution is 2.37. The van der Waals surface area contributed by atoms with E-state index in [4.69, 9.17) is 0 Å². The molecule has 0 aliphatic heterocycles. The van der Waals surface area contributed by atoms with Crippen molar-refractivity contribution in [2.24, 2.45) is 7.05 Å². The lowest BCUT2D eigenvalue weighted by Crippen LogP contribution is -2.12. The number of nitrogens with zero attached hydrogens (tertiary/aromatic N) is 3. The van der Waals surface area contributed by atoms with Crippen LogP contribution < -0.4 is 5.32 Å². The van der Waals surface area contributed by atoms with Gasteiger partial charge in [-0.15, -0.1) is 11.3 Å². The molecular weight excluding hydrogens is 265 g/mol. The molecular formula is C10H11F3N4S. The van der Waals surface area contributed by atoms with Gasteiger partial charge in [0.25, 0.3) is 0 Å². The molecule has 0 fully saturated rings. The molecule has 0 unspecified atom stereocenters. The third-order valence-corrected chi connectivity index (χ3v) is 3.31. The monoisotopic (exact) mass is 276 g/mol. The van der Waals surface area contributed by atoms with Crippen LogP contribution in [0.25, 0.3) is 10.7 Å². The second-order valence-corrected chi connectivity index (χ2v) is 4.78. The predicted octanol–water partition coefficient (Wildman–Crippen LogP) is 2.28. The SMILES string of the molecule is CNCc1sc(-c2ccn(C)n2)nc1C(F)(F)F. The Morgan fingerprint density at radius 1 is 1.44 bits per heavy atom. The molecule has 0 saturated carbocycles. The first-order valence-corrected chi connectivity index (χ1v) is 5.95. The number of alkyl halides is 3. The fourth-order valence-electron chi connectivity index (χ4n) is 1.49. The van der Waals surface area contributed by atoms with Crippen molar-refractivity contribution in [3.63, 3.8) is 0 Å². The molecule has 0 aliphatic rings. The average molecular weight is 276 g/mol. The number of halogens is 3. The number of nitrogens with one attached hydrogen (secondary N) is 1. The van der Waals surface area contributed by atoms with Gasteiger partial charge in [0.15, 0.2) is 5.69 Å². The molecule has 0 saturated heterocycles. The molecule has 98 valence electrons. The fourth-order valence-corrected chi connectivity index (χ4v) is 2.55. The van der Waals surface area contributed by atoms with Gasteiger partial charge in [-0.25, -0.2) is 4.98 Å². The first kappa shape index (κ1) is 13.0. The van der Waals surface area contributed by atoms with E-state index in [0.717, 1.165) is 11.3 Å². The van der Waals surface area contributed by atoms with Crippen LogP contribution in [0.3, 0.4) is 0 Å². The fraction of sp³-hybridized carbons (Fsp3) is 0.400. The van der Waals surface area contributed by atoms with E-state index in [1.165, 1.54) is 4.68 Å². The van der Waals surface area contributed by atoms with E-state index in [9.17, 15) is 13.2 Å². The highest BCUT2D eigenvalue weighted by Gasteiger charge is 2.37. The van der Waals surface area contributed by atoms with Crippen LogP contribution in [0, 0.1) is 0 Å². The molecule has 8 heteroatoms. The van der Waals surface area contributed by atoms with E-state index in [2.05, 4.69) is 15.4 Å². The van der Waals surface area contributed by atoms with Crippen LogP contribution >= 0.6 is 11.3 Å². The van der Waals surface area contributed by atoms with E-state index >= 15 is 0 Å². The van der Waals surface area contributed by atoms with Crippen molar-refractivity contribution in [1.82, 2.24) is 20.1 Å². The second-order valence-electron chi connectivity index (χ2n) is 3.69. The first-order valence-electron chi connectivity index (χ1n) is 5.13. The van der Waals surface area contributed by atoms with Crippen molar-refractivity contribution in [3.05, 3.63) is 22.8 Å². The Hall–Kier alpha value is -1.41. The van der Waals surface area contributed by atoms with E-state index in [-0.39, 0.29) is 16.4 Å². The van der Waals surface area contributed by atoms with Crippen LogP contribution in [-0.2, 0) is 19.8 Å². The molecule has 0 radical (unpaired) electrons. The minimum atomic E-state index is -4.43. The van der Waals surface area contributed by atoms with Gasteiger partial charge in [0, 0.05) is 19.8 Å². The molecule has 2 rings (SSSR count). The number of hydrogen-bond donors (Lipinski definition) is 1. The maximum Gasteiger partial charge on any atom is 0.434 e. The molecule has 0 bridgehead atoms. The van der Waals surface area contributed by atoms with Crippen LogP contribution in [0.5, 0.6) is 0 Å². The number of rotatable bonds is 3. The quantitative estimate of drug-likeness (QED) is 0.935. The Morgan fingerprint density at radius 2 is 2.17 bits per heavy atom. The van der Waals surface area contributed by atoms with Gasteiger partial charge in [0.2, 0.25) is 0 Å². The molecule has 0 amide bonds. The van der Waals surface area contributed by atoms with Crippen LogP contribution in [-0.4, -0.2) is 21.8 Å². The highest BCUT2D eigenvalue weighted by atomic mass is 32.1. The van der Waals surface area contributed by atoms with Gasteiger partial charge in [0.1, 0.15) is 10.7 Å². The van der Waals surface area contributed by atoms with Gasteiger partial charge in [0.05, 0.1) is 4.88 Å². The molecule has 2 heterocycles. The zero-order valence-corrected chi connectivity index (χ0v) is 10.6. The van der Waals surface area contributed by atoms with E-state index in [1.54, 1.807) is 26.4 Å². The van der Waals surface area contributed by atoms with Crippen molar-refractivity contribution in [3.8, 4) is 10.7 Å². The third-order valence-electron chi connectivity index (χ3n) is 2.24. The molecule has 2 aromatic rings. The minimum absolute atomic E-state index is 0.138. The molecule has 4 nitrogen and oxygen atoms in total. The number of aromatic nitrogens is 3. The minimum Gasteiger partial charge on any atom is -0.315 e. The molecule has 0 spiro atoms. The van der Waals surface area contributed by atoms with Crippen molar-refractivity contribution >= 4 is 11.3 Å². The summed E-state index contributed by atoms with van der Waals surface area (Å²) >= 11 is 1.01. The summed E-state index contributed by atoms with van der Waals surface area (Å²) in [4.78, 5) is 3.83.